The molecule has 1 aromatic carbocycles. The van der Waals surface area contributed by atoms with Gasteiger partial charge in [-0.3, -0.25) is 9.48 Å². The molecule has 0 spiro atoms. The van der Waals surface area contributed by atoms with Gasteiger partial charge in [0, 0.05) is 24.7 Å². The molecule has 0 amide bonds. The average Bonchev–Trinajstić information content (AvgIpc) is 3.63. The molecule has 6 nitrogen and oxygen atoms in total. The lowest BCUT2D eigenvalue weighted by Gasteiger charge is -2.30. The normalized spacial score (nSPS) is 18.7. The van der Waals surface area contributed by atoms with Gasteiger partial charge in [-0.2, -0.15) is 23.5 Å². The number of nitriles is 1. The molecule has 160 valence electrons. The highest BCUT2D eigenvalue weighted by Crippen LogP contribution is 2.51. The number of hydrogen-bond acceptors (Lipinski definition) is 4. The van der Waals surface area contributed by atoms with Crippen LogP contribution in [-0.4, -0.2) is 19.5 Å². The summed E-state index contributed by atoms with van der Waals surface area (Å²) >= 11 is 0. The number of aliphatic hydroxyl groups is 1. The predicted octanol–water partition coefficient (Wildman–Crippen LogP) is 3.61. The van der Waals surface area contributed by atoms with E-state index in [2.05, 4.69) is 5.10 Å². The molecular formula is C22H19F3N4O2. The number of nitrogens with zero attached hydrogens (tertiary/aromatic N) is 4. The molecule has 2 aliphatic carbocycles. The molecule has 9 heteroatoms. The van der Waals surface area contributed by atoms with Crippen molar-refractivity contribution in [3.05, 3.63) is 63.2 Å². The number of benzene rings is 1. The van der Waals surface area contributed by atoms with Gasteiger partial charge in [-0.25, -0.2) is 0 Å². The number of aromatic nitrogens is 3. The van der Waals surface area contributed by atoms with Crippen molar-refractivity contribution in [2.24, 2.45) is 13.0 Å². The Morgan fingerprint density at radius 3 is 2.48 bits per heavy atom. The van der Waals surface area contributed by atoms with E-state index in [1.165, 1.54) is 10.7 Å². The van der Waals surface area contributed by atoms with E-state index in [4.69, 9.17) is 0 Å². The number of rotatable bonds is 4. The fourth-order valence-electron chi connectivity index (χ4n) is 4.48. The Morgan fingerprint density at radius 2 is 1.90 bits per heavy atom. The molecule has 1 N–H and O–H groups in total. The van der Waals surface area contributed by atoms with Crippen LogP contribution in [0, 0.1) is 17.2 Å². The highest BCUT2D eigenvalue weighted by Gasteiger charge is 2.50. The first-order chi connectivity index (χ1) is 14.7. The summed E-state index contributed by atoms with van der Waals surface area (Å²) in [6, 6.07) is 6.65. The van der Waals surface area contributed by atoms with Crippen LogP contribution >= 0.6 is 0 Å². The molecule has 0 saturated heterocycles. The van der Waals surface area contributed by atoms with Crippen molar-refractivity contribution in [1.82, 2.24) is 14.3 Å². The first-order valence-electron chi connectivity index (χ1n) is 10.1. The number of aryl methyl sites for hydroxylation is 1. The fraction of sp³-hybridized carbons (Fsp3) is 0.409. The van der Waals surface area contributed by atoms with Crippen molar-refractivity contribution in [3.8, 4) is 6.07 Å². The molecule has 31 heavy (non-hydrogen) atoms. The predicted molar refractivity (Wildman–Crippen MR) is 105 cm³/mol. The van der Waals surface area contributed by atoms with Crippen LogP contribution in [0.25, 0.3) is 10.9 Å². The van der Waals surface area contributed by atoms with Crippen molar-refractivity contribution in [2.45, 2.75) is 43.5 Å². The molecule has 2 fully saturated rings. The SMILES string of the molecule is Cn1nc2c(=O)n(C3CC3)ccc2c1C(O)(c1ccc(C(F)(F)F)c(C#N)c1)C1CC1. The van der Waals surface area contributed by atoms with Gasteiger partial charge < -0.3 is 9.67 Å². The lowest BCUT2D eigenvalue weighted by atomic mass is 9.82. The molecule has 3 aromatic rings. The van der Waals surface area contributed by atoms with E-state index >= 15 is 0 Å². The molecular weight excluding hydrogens is 409 g/mol. The highest BCUT2D eigenvalue weighted by atomic mass is 19.4. The Labute approximate surface area is 175 Å². The first-order valence-corrected chi connectivity index (χ1v) is 10.1. The van der Waals surface area contributed by atoms with E-state index in [0.29, 0.717) is 23.9 Å². The number of fused-ring (bicyclic) bond motifs is 1. The van der Waals surface area contributed by atoms with Gasteiger partial charge in [-0.15, -0.1) is 0 Å². The summed E-state index contributed by atoms with van der Waals surface area (Å²) in [5, 5.41) is 26.0. The number of pyridine rings is 1. The van der Waals surface area contributed by atoms with Crippen molar-refractivity contribution in [2.75, 3.05) is 0 Å². The topological polar surface area (TPSA) is 83.8 Å². The third-order valence-corrected chi connectivity index (χ3v) is 6.28. The standard InChI is InChI=1S/C22H19F3N4O2/c1-28-19(16-8-9-29(15-5-6-15)20(30)18(16)27-28)21(31,13-2-3-13)14-4-7-17(22(23,24)25)12(10-14)11-26/h4,7-10,13,15,31H,2-3,5-6H2,1H3. The number of alkyl halides is 3. The van der Waals surface area contributed by atoms with Gasteiger partial charge in [0.1, 0.15) is 5.60 Å². The zero-order chi connectivity index (χ0) is 22.1. The van der Waals surface area contributed by atoms with Gasteiger partial charge in [0.05, 0.1) is 22.9 Å². The van der Waals surface area contributed by atoms with Gasteiger partial charge in [-0.05, 0) is 55.4 Å². The second-order valence-electron chi connectivity index (χ2n) is 8.40. The molecule has 2 heterocycles. The Hall–Kier alpha value is -3.12. The van der Waals surface area contributed by atoms with Crippen LogP contribution < -0.4 is 5.56 Å². The average molecular weight is 428 g/mol. The van der Waals surface area contributed by atoms with Gasteiger partial charge in [0.25, 0.3) is 5.56 Å². The maximum atomic E-state index is 13.3. The second kappa shape index (κ2) is 6.44. The summed E-state index contributed by atoms with van der Waals surface area (Å²) in [4.78, 5) is 12.9. The maximum absolute atomic E-state index is 13.3. The van der Waals surface area contributed by atoms with E-state index in [9.17, 15) is 28.3 Å². The molecule has 1 atom stereocenters. The second-order valence-corrected chi connectivity index (χ2v) is 8.40. The summed E-state index contributed by atoms with van der Waals surface area (Å²) in [7, 11) is 1.61. The minimum Gasteiger partial charge on any atom is -0.378 e. The Bertz CT molecular complexity index is 1310. The quantitative estimate of drug-likeness (QED) is 0.688. The summed E-state index contributed by atoms with van der Waals surface area (Å²) in [5.74, 6) is -0.250. The van der Waals surface area contributed by atoms with E-state index < -0.39 is 22.9 Å². The van der Waals surface area contributed by atoms with Crippen molar-refractivity contribution in [3.63, 3.8) is 0 Å². The molecule has 0 aliphatic heterocycles. The Morgan fingerprint density at radius 1 is 1.19 bits per heavy atom. The third-order valence-electron chi connectivity index (χ3n) is 6.28. The van der Waals surface area contributed by atoms with E-state index in [1.54, 1.807) is 29.9 Å². The van der Waals surface area contributed by atoms with Crippen LogP contribution in [0.5, 0.6) is 0 Å². The molecule has 1 unspecified atom stereocenters. The lowest BCUT2D eigenvalue weighted by molar-refractivity contribution is -0.137. The summed E-state index contributed by atoms with van der Waals surface area (Å²) < 4.78 is 42.9. The van der Waals surface area contributed by atoms with E-state index in [1.807, 2.05) is 0 Å². The summed E-state index contributed by atoms with van der Waals surface area (Å²) in [6.45, 7) is 0. The van der Waals surface area contributed by atoms with E-state index in [0.717, 1.165) is 25.0 Å². The monoisotopic (exact) mass is 428 g/mol. The summed E-state index contributed by atoms with van der Waals surface area (Å²) in [5.41, 5.74) is -2.74. The highest BCUT2D eigenvalue weighted by molar-refractivity contribution is 5.82. The van der Waals surface area contributed by atoms with Crippen LogP contribution in [0.3, 0.4) is 0 Å². The van der Waals surface area contributed by atoms with Crippen LogP contribution in [0.15, 0.2) is 35.3 Å². The fourth-order valence-corrected chi connectivity index (χ4v) is 4.48. The largest absolute Gasteiger partial charge is 0.417 e. The zero-order valence-electron chi connectivity index (χ0n) is 16.6. The van der Waals surface area contributed by atoms with Crippen LogP contribution in [0.2, 0.25) is 0 Å². The van der Waals surface area contributed by atoms with Crippen molar-refractivity contribution in [1.29, 1.82) is 5.26 Å². The lowest BCUT2D eigenvalue weighted by Crippen LogP contribution is -2.33. The zero-order valence-corrected chi connectivity index (χ0v) is 16.6. The molecule has 5 rings (SSSR count). The van der Waals surface area contributed by atoms with E-state index in [-0.39, 0.29) is 28.6 Å². The third kappa shape index (κ3) is 2.97. The molecule has 0 bridgehead atoms. The molecule has 2 aliphatic rings. The molecule has 0 radical (unpaired) electrons. The van der Waals surface area contributed by atoms with Crippen LogP contribution in [0.4, 0.5) is 13.2 Å². The first kappa shape index (κ1) is 19.8. The van der Waals surface area contributed by atoms with Gasteiger partial charge in [0.15, 0.2) is 5.52 Å². The van der Waals surface area contributed by atoms with Gasteiger partial charge >= 0.3 is 6.18 Å². The van der Waals surface area contributed by atoms with Gasteiger partial charge in [-0.1, -0.05) is 6.07 Å². The Kier molecular flexibility index (Phi) is 4.12. The Balaban J connectivity index is 1.73. The maximum Gasteiger partial charge on any atom is 0.417 e. The summed E-state index contributed by atoms with van der Waals surface area (Å²) in [6.07, 6.45) is 0.221. The van der Waals surface area contributed by atoms with Crippen molar-refractivity contribution < 1.29 is 18.3 Å². The minimum atomic E-state index is -4.67. The van der Waals surface area contributed by atoms with Crippen LogP contribution in [-0.2, 0) is 18.8 Å². The van der Waals surface area contributed by atoms with Crippen molar-refractivity contribution >= 4 is 10.9 Å². The smallest absolute Gasteiger partial charge is 0.378 e. The minimum absolute atomic E-state index is 0.165. The van der Waals surface area contributed by atoms with Gasteiger partial charge in [0.2, 0.25) is 0 Å². The van der Waals surface area contributed by atoms with Crippen LogP contribution in [0.1, 0.15) is 54.1 Å². The molecule has 2 aromatic heterocycles. The molecule has 2 saturated carbocycles. The number of hydrogen-bond donors (Lipinski definition) is 1. The number of halogens is 3.